The zero-order valence-electron chi connectivity index (χ0n) is 15.1. The number of halogens is 1. The third kappa shape index (κ3) is 4.94. The maximum Gasteiger partial charge on any atom is 0.311 e. The lowest BCUT2D eigenvalue weighted by atomic mass is 10.1. The van der Waals surface area contributed by atoms with Gasteiger partial charge in [0.1, 0.15) is 5.75 Å². The van der Waals surface area contributed by atoms with Gasteiger partial charge in [-0.15, -0.1) is 0 Å². The first-order valence-corrected chi connectivity index (χ1v) is 8.93. The Bertz CT molecular complexity index is 775. The number of carbonyl (C=O) groups excluding carboxylic acids is 1. The van der Waals surface area contributed by atoms with Crippen LogP contribution >= 0.6 is 22.6 Å². The molecule has 0 aliphatic rings. The summed E-state index contributed by atoms with van der Waals surface area (Å²) in [4.78, 5) is 12.2. The molecule has 7 heteroatoms. The van der Waals surface area contributed by atoms with Crippen molar-refractivity contribution in [2.24, 2.45) is 0 Å². The molecule has 0 unspecified atom stereocenters. The molecule has 0 spiro atoms. The van der Waals surface area contributed by atoms with Crippen LogP contribution in [-0.2, 0) is 11.2 Å². The molecule has 0 aromatic heterocycles. The molecular formula is C19H21IO6. The number of benzene rings is 2. The van der Waals surface area contributed by atoms with Crippen molar-refractivity contribution in [1.29, 1.82) is 0 Å². The zero-order valence-corrected chi connectivity index (χ0v) is 17.3. The average molecular weight is 472 g/mol. The summed E-state index contributed by atoms with van der Waals surface area (Å²) < 4.78 is 27.3. The largest absolute Gasteiger partial charge is 0.493 e. The molecule has 0 saturated carbocycles. The molecule has 0 fully saturated rings. The van der Waals surface area contributed by atoms with Crippen molar-refractivity contribution in [3.8, 4) is 28.7 Å². The van der Waals surface area contributed by atoms with Crippen molar-refractivity contribution in [1.82, 2.24) is 0 Å². The van der Waals surface area contributed by atoms with Crippen molar-refractivity contribution in [3.05, 3.63) is 39.5 Å². The van der Waals surface area contributed by atoms with Crippen molar-refractivity contribution in [2.75, 3.05) is 28.4 Å². The molecule has 0 atom stereocenters. The minimum Gasteiger partial charge on any atom is -0.493 e. The van der Waals surface area contributed by atoms with Crippen LogP contribution in [0.5, 0.6) is 28.7 Å². The van der Waals surface area contributed by atoms with Crippen LogP contribution in [0.15, 0.2) is 30.3 Å². The molecule has 0 aliphatic carbocycles. The minimum atomic E-state index is -0.331. The van der Waals surface area contributed by atoms with Gasteiger partial charge in [0, 0.05) is 9.64 Å². The summed E-state index contributed by atoms with van der Waals surface area (Å²) in [6.45, 7) is 0. The first-order valence-electron chi connectivity index (χ1n) is 7.85. The van der Waals surface area contributed by atoms with E-state index < -0.39 is 0 Å². The molecule has 0 radical (unpaired) electrons. The van der Waals surface area contributed by atoms with E-state index in [1.54, 1.807) is 39.5 Å². The molecule has 0 N–H and O–H groups in total. The van der Waals surface area contributed by atoms with Crippen LogP contribution in [0.4, 0.5) is 0 Å². The van der Waals surface area contributed by atoms with Gasteiger partial charge >= 0.3 is 5.97 Å². The van der Waals surface area contributed by atoms with E-state index in [-0.39, 0.29) is 12.4 Å². The number of hydrogen-bond donors (Lipinski definition) is 0. The molecule has 2 rings (SSSR count). The molecule has 0 aliphatic heterocycles. The summed E-state index contributed by atoms with van der Waals surface area (Å²) >= 11 is 2.21. The second-order valence-corrected chi connectivity index (χ2v) is 6.45. The molecule has 0 amide bonds. The Morgan fingerprint density at radius 3 is 2.04 bits per heavy atom. The highest BCUT2D eigenvalue weighted by Gasteiger charge is 2.13. The first kappa shape index (κ1) is 20.2. The molecule has 140 valence electrons. The Morgan fingerprint density at radius 1 is 0.846 bits per heavy atom. The first-order chi connectivity index (χ1) is 12.5. The van der Waals surface area contributed by atoms with Gasteiger partial charge in [-0.05, 0) is 58.8 Å². The van der Waals surface area contributed by atoms with Crippen molar-refractivity contribution in [2.45, 2.75) is 12.8 Å². The van der Waals surface area contributed by atoms with E-state index in [1.165, 1.54) is 7.11 Å². The fourth-order valence-corrected chi connectivity index (χ4v) is 3.10. The zero-order chi connectivity index (χ0) is 19.1. The number of hydrogen-bond acceptors (Lipinski definition) is 6. The van der Waals surface area contributed by atoms with Crippen LogP contribution in [0.3, 0.4) is 0 Å². The number of carbonyl (C=O) groups is 1. The van der Waals surface area contributed by atoms with Crippen molar-refractivity contribution >= 4 is 28.6 Å². The van der Waals surface area contributed by atoms with Crippen molar-refractivity contribution in [3.63, 3.8) is 0 Å². The predicted octanol–water partition coefficient (Wildman–Crippen LogP) is 3.86. The van der Waals surface area contributed by atoms with Gasteiger partial charge in [0.05, 0.1) is 34.9 Å². The highest BCUT2D eigenvalue weighted by molar-refractivity contribution is 14.1. The highest BCUT2D eigenvalue weighted by atomic mass is 127. The second-order valence-electron chi connectivity index (χ2n) is 5.29. The van der Waals surface area contributed by atoms with Gasteiger partial charge < -0.3 is 23.7 Å². The highest BCUT2D eigenvalue weighted by Crippen LogP contribution is 2.33. The van der Waals surface area contributed by atoms with Gasteiger partial charge in [-0.2, -0.15) is 0 Å². The van der Waals surface area contributed by atoms with E-state index >= 15 is 0 Å². The normalized spacial score (nSPS) is 10.2. The van der Waals surface area contributed by atoms with Gasteiger partial charge in [0.25, 0.3) is 0 Å². The van der Waals surface area contributed by atoms with Gasteiger partial charge in [0.2, 0.25) is 0 Å². The summed E-state index contributed by atoms with van der Waals surface area (Å²) in [5, 5.41) is 0. The van der Waals surface area contributed by atoms with Gasteiger partial charge in [-0.25, -0.2) is 0 Å². The lowest BCUT2D eigenvalue weighted by Crippen LogP contribution is -2.10. The number of esters is 1. The van der Waals surface area contributed by atoms with Gasteiger partial charge in [0.15, 0.2) is 23.0 Å². The Hall–Kier alpha value is -2.16. The maximum absolute atomic E-state index is 12.2. The molecule has 2 aromatic rings. The smallest absolute Gasteiger partial charge is 0.311 e. The minimum absolute atomic E-state index is 0.236. The Morgan fingerprint density at radius 2 is 1.42 bits per heavy atom. The van der Waals surface area contributed by atoms with E-state index in [4.69, 9.17) is 23.7 Å². The summed E-state index contributed by atoms with van der Waals surface area (Å²) in [6.07, 6.45) is 0.768. The lowest BCUT2D eigenvalue weighted by molar-refractivity contribution is -0.134. The standard InChI is InChI=1S/C19H21IO6/c1-22-15-7-6-13(10-17(15)24-3)26-19(21)8-5-12-9-16(23-2)18(25-4)11-14(12)20/h6-7,9-11H,5,8H2,1-4H3. The van der Waals surface area contributed by atoms with E-state index in [0.717, 1.165) is 9.13 Å². The Balaban J connectivity index is 2.03. The second kappa shape index (κ2) is 9.51. The Kier molecular flexibility index (Phi) is 7.38. The molecule has 2 aromatic carbocycles. The number of methoxy groups -OCH3 is 4. The van der Waals surface area contributed by atoms with Crippen LogP contribution in [-0.4, -0.2) is 34.4 Å². The van der Waals surface area contributed by atoms with Gasteiger partial charge in [-0.1, -0.05) is 0 Å². The van der Waals surface area contributed by atoms with E-state index in [0.29, 0.717) is 35.2 Å². The molecule has 26 heavy (non-hydrogen) atoms. The van der Waals surface area contributed by atoms with Crippen LogP contribution in [0.2, 0.25) is 0 Å². The number of rotatable bonds is 8. The topological polar surface area (TPSA) is 63.2 Å². The summed E-state index contributed by atoms with van der Waals surface area (Å²) in [5.41, 5.74) is 0.993. The van der Waals surface area contributed by atoms with Crippen LogP contribution in [0.25, 0.3) is 0 Å². The molecular weight excluding hydrogens is 451 g/mol. The van der Waals surface area contributed by atoms with E-state index in [9.17, 15) is 4.79 Å². The SMILES string of the molecule is COc1ccc(OC(=O)CCc2cc(OC)c(OC)cc2I)cc1OC. The summed E-state index contributed by atoms with van der Waals surface area (Å²) in [7, 11) is 6.25. The third-order valence-corrected chi connectivity index (χ3v) is 4.74. The van der Waals surface area contributed by atoms with E-state index in [2.05, 4.69) is 22.6 Å². The predicted molar refractivity (Wildman–Crippen MR) is 106 cm³/mol. The fraction of sp³-hybridized carbons (Fsp3) is 0.316. The number of ether oxygens (including phenoxy) is 5. The quantitative estimate of drug-likeness (QED) is 0.331. The third-order valence-electron chi connectivity index (χ3n) is 3.74. The molecule has 0 heterocycles. The lowest BCUT2D eigenvalue weighted by Gasteiger charge is -2.12. The summed E-state index contributed by atoms with van der Waals surface area (Å²) in [6, 6.07) is 8.74. The average Bonchev–Trinajstić information content (AvgIpc) is 2.66. The molecule has 0 bridgehead atoms. The summed E-state index contributed by atoms with van der Waals surface area (Å²) in [5.74, 6) is 2.46. The Labute approximate surface area is 166 Å². The number of aryl methyl sites for hydroxylation is 1. The van der Waals surface area contributed by atoms with Crippen LogP contribution in [0.1, 0.15) is 12.0 Å². The van der Waals surface area contributed by atoms with E-state index in [1.807, 2.05) is 12.1 Å². The molecule has 6 nitrogen and oxygen atoms in total. The monoisotopic (exact) mass is 472 g/mol. The van der Waals surface area contributed by atoms with Crippen LogP contribution in [0, 0.1) is 3.57 Å². The van der Waals surface area contributed by atoms with Crippen molar-refractivity contribution < 1.29 is 28.5 Å². The maximum atomic E-state index is 12.2. The fourth-order valence-electron chi connectivity index (χ4n) is 2.39. The molecule has 0 saturated heterocycles. The van der Waals surface area contributed by atoms with Crippen LogP contribution < -0.4 is 23.7 Å². The van der Waals surface area contributed by atoms with Gasteiger partial charge in [-0.3, -0.25) is 4.79 Å².